The van der Waals surface area contributed by atoms with Crippen molar-refractivity contribution in [3.63, 3.8) is 0 Å². The highest BCUT2D eigenvalue weighted by Crippen LogP contribution is 2.33. The van der Waals surface area contributed by atoms with Crippen LogP contribution < -0.4 is 0 Å². The summed E-state index contributed by atoms with van der Waals surface area (Å²) in [6.07, 6.45) is 1.00. The molecular weight excluding hydrogens is 252 g/mol. The maximum atomic E-state index is 6.14. The van der Waals surface area contributed by atoms with Crippen LogP contribution in [0.25, 0.3) is 5.65 Å². The van der Waals surface area contributed by atoms with Gasteiger partial charge in [-0.25, -0.2) is 0 Å². The van der Waals surface area contributed by atoms with Crippen molar-refractivity contribution in [2.45, 2.75) is 33.3 Å². The zero-order chi connectivity index (χ0) is 12.9. The number of halogens is 1. The lowest BCUT2D eigenvalue weighted by Crippen LogP contribution is -2.11. The maximum Gasteiger partial charge on any atom is 0.184 e. The van der Waals surface area contributed by atoms with Crippen molar-refractivity contribution in [3.8, 4) is 0 Å². The molecule has 2 aromatic rings. The van der Waals surface area contributed by atoms with Crippen LogP contribution in [0.2, 0.25) is 5.15 Å². The molecule has 0 bridgehead atoms. The van der Waals surface area contributed by atoms with Gasteiger partial charge in [0, 0.05) is 12.2 Å². The van der Waals surface area contributed by atoms with E-state index < -0.39 is 0 Å². The van der Waals surface area contributed by atoms with E-state index in [0.29, 0.717) is 11.1 Å². The van der Waals surface area contributed by atoms with Crippen LogP contribution in [0.3, 0.4) is 0 Å². The summed E-state index contributed by atoms with van der Waals surface area (Å²) in [5.74, 6) is 1.18. The van der Waals surface area contributed by atoms with E-state index in [0.717, 1.165) is 35.6 Å². The quantitative estimate of drug-likeness (QED) is 0.796. The van der Waals surface area contributed by atoms with Gasteiger partial charge < -0.3 is 4.74 Å². The van der Waals surface area contributed by atoms with Gasteiger partial charge in [0.25, 0.3) is 0 Å². The molecule has 3 rings (SSSR count). The summed E-state index contributed by atoms with van der Waals surface area (Å²) in [6, 6.07) is 0. The highest BCUT2D eigenvalue weighted by Gasteiger charge is 2.31. The van der Waals surface area contributed by atoms with E-state index in [-0.39, 0.29) is 6.10 Å². The Hall–Kier alpha value is -1.20. The fourth-order valence-corrected chi connectivity index (χ4v) is 2.53. The average Bonchev–Trinajstić information content (AvgIpc) is 2.92. The third-order valence-corrected chi connectivity index (χ3v) is 4.06. The Balaban J connectivity index is 2.20. The lowest BCUT2D eigenvalue weighted by Gasteiger charge is -2.12. The van der Waals surface area contributed by atoms with Gasteiger partial charge >= 0.3 is 0 Å². The second kappa shape index (κ2) is 4.17. The summed E-state index contributed by atoms with van der Waals surface area (Å²) < 4.78 is 7.44. The lowest BCUT2D eigenvalue weighted by molar-refractivity contribution is 0.0856. The summed E-state index contributed by atoms with van der Waals surface area (Å²) in [6.45, 7) is 6.84. The van der Waals surface area contributed by atoms with E-state index >= 15 is 0 Å². The minimum Gasteiger partial charge on any atom is -0.370 e. The van der Waals surface area contributed by atoms with E-state index in [9.17, 15) is 0 Å². The highest BCUT2D eigenvalue weighted by molar-refractivity contribution is 6.30. The van der Waals surface area contributed by atoms with Gasteiger partial charge in [-0.3, -0.25) is 0 Å². The fraction of sp³-hybridized carbons (Fsp3) is 0.583. The first kappa shape index (κ1) is 11.9. The van der Waals surface area contributed by atoms with Gasteiger partial charge in [0.15, 0.2) is 16.6 Å². The molecule has 5 nitrogen and oxygen atoms in total. The average molecular weight is 267 g/mol. The van der Waals surface area contributed by atoms with Gasteiger partial charge in [-0.1, -0.05) is 18.5 Å². The van der Waals surface area contributed by atoms with Crippen LogP contribution in [0.4, 0.5) is 0 Å². The molecule has 0 spiro atoms. The zero-order valence-corrected chi connectivity index (χ0v) is 11.4. The third kappa shape index (κ3) is 1.61. The molecule has 1 saturated heterocycles. The number of hydrogen-bond donors (Lipinski definition) is 0. The van der Waals surface area contributed by atoms with Gasteiger partial charge in [0.1, 0.15) is 6.10 Å². The summed E-state index contributed by atoms with van der Waals surface area (Å²) >= 11 is 6.14. The second-order valence-electron chi connectivity index (χ2n) is 4.89. The molecule has 0 amide bonds. The summed E-state index contributed by atoms with van der Waals surface area (Å²) in [4.78, 5) is 0. The molecule has 1 aliphatic rings. The van der Waals surface area contributed by atoms with Crippen molar-refractivity contribution < 1.29 is 4.74 Å². The van der Waals surface area contributed by atoms with Crippen molar-refractivity contribution in [1.29, 1.82) is 0 Å². The van der Waals surface area contributed by atoms with Gasteiger partial charge in [-0.05, 0) is 31.7 Å². The Morgan fingerprint density at radius 2 is 2.06 bits per heavy atom. The maximum absolute atomic E-state index is 6.14. The van der Waals surface area contributed by atoms with Crippen molar-refractivity contribution in [2.75, 3.05) is 6.61 Å². The Labute approximate surface area is 110 Å². The minimum absolute atomic E-state index is 0.0364. The molecule has 2 atom stereocenters. The molecule has 0 aromatic carbocycles. The monoisotopic (exact) mass is 266 g/mol. The van der Waals surface area contributed by atoms with E-state index in [2.05, 4.69) is 22.2 Å². The molecule has 3 heterocycles. The largest absolute Gasteiger partial charge is 0.370 e. The molecule has 0 N–H and O–H groups in total. The molecule has 0 radical (unpaired) electrons. The Morgan fingerprint density at radius 1 is 1.28 bits per heavy atom. The predicted molar refractivity (Wildman–Crippen MR) is 67.7 cm³/mol. The molecular formula is C12H15ClN4O. The van der Waals surface area contributed by atoms with E-state index in [1.165, 1.54) is 0 Å². The first-order chi connectivity index (χ1) is 8.59. The highest BCUT2D eigenvalue weighted by atomic mass is 35.5. The van der Waals surface area contributed by atoms with Crippen LogP contribution in [0.5, 0.6) is 0 Å². The number of aromatic nitrogens is 4. The second-order valence-corrected chi connectivity index (χ2v) is 5.25. The summed E-state index contributed by atoms with van der Waals surface area (Å²) in [5, 5.41) is 13.3. The molecule has 6 heteroatoms. The Morgan fingerprint density at radius 3 is 2.72 bits per heavy atom. The first-order valence-electron chi connectivity index (χ1n) is 6.09. The van der Waals surface area contributed by atoms with Gasteiger partial charge in [-0.2, -0.15) is 9.61 Å². The van der Waals surface area contributed by atoms with Gasteiger partial charge in [0.05, 0.1) is 0 Å². The Bertz CT molecular complexity index is 610. The fourth-order valence-electron chi connectivity index (χ4n) is 2.31. The van der Waals surface area contributed by atoms with Crippen molar-refractivity contribution in [2.24, 2.45) is 5.92 Å². The summed E-state index contributed by atoms with van der Waals surface area (Å²) in [5.41, 5.74) is 2.72. The number of hydrogen-bond acceptors (Lipinski definition) is 4. The number of nitrogens with zero attached hydrogens (tertiary/aromatic N) is 4. The molecule has 0 saturated carbocycles. The SMILES string of the molecule is Cc1c(Cl)nn2c(C3OCCC3C)nnc2c1C. The zero-order valence-electron chi connectivity index (χ0n) is 10.6. The van der Waals surface area contributed by atoms with Crippen molar-refractivity contribution in [3.05, 3.63) is 22.1 Å². The number of ether oxygens (including phenoxy) is 1. The number of fused-ring (bicyclic) bond motifs is 1. The molecule has 96 valence electrons. The van der Waals surface area contributed by atoms with Gasteiger partial charge in [0.2, 0.25) is 0 Å². The van der Waals surface area contributed by atoms with Crippen LogP contribution >= 0.6 is 11.6 Å². The molecule has 2 unspecified atom stereocenters. The smallest absolute Gasteiger partial charge is 0.184 e. The molecule has 1 aliphatic heterocycles. The van der Waals surface area contributed by atoms with Crippen LogP contribution in [-0.2, 0) is 4.74 Å². The minimum atomic E-state index is -0.0364. The topological polar surface area (TPSA) is 52.3 Å². The third-order valence-electron chi connectivity index (χ3n) is 3.70. The van der Waals surface area contributed by atoms with E-state index in [1.807, 2.05) is 13.8 Å². The van der Waals surface area contributed by atoms with Crippen molar-refractivity contribution >= 4 is 17.2 Å². The Kier molecular flexibility index (Phi) is 2.75. The molecule has 0 aliphatic carbocycles. The summed E-state index contributed by atoms with van der Waals surface area (Å²) in [7, 11) is 0. The molecule has 1 fully saturated rings. The van der Waals surface area contributed by atoms with Crippen LogP contribution in [0.15, 0.2) is 0 Å². The van der Waals surface area contributed by atoms with Crippen LogP contribution in [-0.4, -0.2) is 26.4 Å². The van der Waals surface area contributed by atoms with E-state index in [4.69, 9.17) is 16.3 Å². The first-order valence-corrected chi connectivity index (χ1v) is 6.47. The normalized spacial score (nSPS) is 24.0. The van der Waals surface area contributed by atoms with Gasteiger partial charge in [-0.15, -0.1) is 10.2 Å². The predicted octanol–water partition coefficient (Wildman–Crippen LogP) is 2.49. The number of aryl methyl sites for hydroxylation is 1. The number of rotatable bonds is 1. The molecule has 18 heavy (non-hydrogen) atoms. The standard InChI is InChI=1S/C12H15ClN4O/c1-6-4-5-18-9(6)12-15-14-11-8(3)7(2)10(13)16-17(11)12/h6,9H,4-5H2,1-3H3. The van der Waals surface area contributed by atoms with Crippen LogP contribution in [0, 0.1) is 19.8 Å². The van der Waals surface area contributed by atoms with E-state index in [1.54, 1.807) is 4.52 Å². The van der Waals surface area contributed by atoms with Crippen molar-refractivity contribution in [1.82, 2.24) is 19.8 Å². The molecule has 2 aromatic heterocycles. The lowest BCUT2D eigenvalue weighted by atomic mass is 10.0. The van der Waals surface area contributed by atoms with Crippen LogP contribution in [0.1, 0.15) is 36.4 Å².